The fourth-order valence-electron chi connectivity index (χ4n) is 2.52. The van der Waals surface area contributed by atoms with Gasteiger partial charge in [0.1, 0.15) is 0 Å². The first-order valence-electron chi connectivity index (χ1n) is 7.33. The molecule has 0 spiro atoms. The first-order chi connectivity index (χ1) is 9.02. The monoisotopic (exact) mass is 265 g/mol. The Morgan fingerprint density at radius 1 is 1.53 bits per heavy atom. The third kappa shape index (κ3) is 3.80. The van der Waals surface area contributed by atoms with E-state index in [9.17, 15) is 0 Å². The molecular formula is C15H27N3O. The third-order valence-electron chi connectivity index (χ3n) is 4.23. The van der Waals surface area contributed by atoms with Crippen LogP contribution in [-0.2, 0) is 11.8 Å². The Labute approximate surface area is 116 Å². The van der Waals surface area contributed by atoms with Crippen molar-refractivity contribution < 1.29 is 4.74 Å². The Bertz CT molecular complexity index is 400. The second-order valence-corrected chi connectivity index (χ2v) is 6.44. The molecule has 4 heteroatoms. The Balaban J connectivity index is 1.86. The normalized spacial score (nSPS) is 24.0. The largest absolute Gasteiger partial charge is 0.373 e. The van der Waals surface area contributed by atoms with E-state index in [-0.39, 0.29) is 6.10 Å². The molecule has 1 aliphatic rings. The van der Waals surface area contributed by atoms with Gasteiger partial charge in [0.2, 0.25) is 0 Å². The topological polar surface area (TPSA) is 39.1 Å². The third-order valence-corrected chi connectivity index (χ3v) is 4.23. The molecule has 1 N–H and O–H groups in total. The van der Waals surface area contributed by atoms with Crippen LogP contribution in [0.15, 0.2) is 12.4 Å². The maximum Gasteiger partial charge on any atom is 0.0896 e. The van der Waals surface area contributed by atoms with Gasteiger partial charge in [-0.3, -0.25) is 4.68 Å². The smallest absolute Gasteiger partial charge is 0.0896 e. The van der Waals surface area contributed by atoms with Gasteiger partial charge in [0.25, 0.3) is 0 Å². The summed E-state index contributed by atoms with van der Waals surface area (Å²) in [5.41, 5.74) is 1.59. The molecule has 2 atom stereocenters. The number of nitrogens with one attached hydrogen (secondary N) is 1. The molecule has 0 aromatic carbocycles. The van der Waals surface area contributed by atoms with Gasteiger partial charge in [0.05, 0.1) is 12.3 Å². The summed E-state index contributed by atoms with van der Waals surface area (Å²) in [7, 11) is 1.95. The molecule has 1 aliphatic heterocycles. The van der Waals surface area contributed by atoms with Crippen LogP contribution < -0.4 is 5.32 Å². The molecule has 2 heterocycles. The first-order valence-corrected chi connectivity index (χ1v) is 7.33. The molecule has 0 saturated carbocycles. The van der Waals surface area contributed by atoms with Crippen molar-refractivity contribution >= 4 is 0 Å². The second kappa shape index (κ2) is 6.06. The van der Waals surface area contributed by atoms with E-state index in [4.69, 9.17) is 4.74 Å². The quantitative estimate of drug-likeness (QED) is 0.859. The van der Waals surface area contributed by atoms with E-state index >= 15 is 0 Å². The van der Waals surface area contributed by atoms with Gasteiger partial charge in [-0.15, -0.1) is 0 Å². The molecule has 2 unspecified atom stereocenters. The van der Waals surface area contributed by atoms with Gasteiger partial charge in [-0.25, -0.2) is 0 Å². The Hall–Kier alpha value is -0.870. The van der Waals surface area contributed by atoms with E-state index in [1.165, 1.54) is 12.0 Å². The van der Waals surface area contributed by atoms with Crippen LogP contribution in [0.3, 0.4) is 0 Å². The molecule has 108 valence electrons. The van der Waals surface area contributed by atoms with Gasteiger partial charge in [-0.1, -0.05) is 20.8 Å². The summed E-state index contributed by atoms with van der Waals surface area (Å²) in [6.45, 7) is 9.83. The van der Waals surface area contributed by atoms with E-state index < -0.39 is 0 Å². The molecule has 0 radical (unpaired) electrons. The van der Waals surface area contributed by atoms with E-state index in [1.807, 2.05) is 17.9 Å². The number of rotatable bonds is 6. The van der Waals surface area contributed by atoms with Gasteiger partial charge >= 0.3 is 0 Å². The van der Waals surface area contributed by atoms with Crippen molar-refractivity contribution in [2.45, 2.75) is 39.7 Å². The van der Waals surface area contributed by atoms with Crippen LogP contribution in [0, 0.1) is 11.3 Å². The number of hydrogen-bond donors (Lipinski definition) is 1. The van der Waals surface area contributed by atoms with Crippen molar-refractivity contribution in [1.29, 1.82) is 0 Å². The predicted molar refractivity (Wildman–Crippen MR) is 76.9 cm³/mol. The predicted octanol–water partition coefficient (Wildman–Crippen LogP) is 2.52. The van der Waals surface area contributed by atoms with E-state index in [0.717, 1.165) is 26.1 Å². The van der Waals surface area contributed by atoms with Gasteiger partial charge in [-0.05, 0) is 18.3 Å². The molecule has 1 aromatic rings. The first kappa shape index (κ1) is 14.5. The van der Waals surface area contributed by atoms with Crippen LogP contribution in [-0.4, -0.2) is 29.5 Å². The highest BCUT2D eigenvalue weighted by atomic mass is 16.5. The number of nitrogens with zero attached hydrogens (tertiary/aromatic N) is 2. The number of ether oxygens (including phenoxy) is 1. The molecule has 19 heavy (non-hydrogen) atoms. The zero-order valence-electron chi connectivity index (χ0n) is 12.6. The second-order valence-electron chi connectivity index (χ2n) is 6.44. The van der Waals surface area contributed by atoms with Crippen molar-refractivity contribution in [1.82, 2.24) is 15.1 Å². The molecular weight excluding hydrogens is 238 g/mol. The van der Waals surface area contributed by atoms with Crippen LogP contribution in [0.1, 0.15) is 45.3 Å². The average Bonchev–Trinajstić information content (AvgIpc) is 2.97. The van der Waals surface area contributed by atoms with Crippen molar-refractivity contribution in [3.63, 3.8) is 0 Å². The zero-order valence-corrected chi connectivity index (χ0v) is 12.6. The lowest BCUT2D eigenvalue weighted by molar-refractivity contribution is 0.0897. The van der Waals surface area contributed by atoms with Gasteiger partial charge < -0.3 is 10.1 Å². The maximum atomic E-state index is 5.88. The summed E-state index contributed by atoms with van der Waals surface area (Å²) in [4.78, 5) is 0. The standard InChI is InChI=1S/C15H27N3O/c1-5-15(2,3)11-16-8-12-6-7-19-14(12)13-9-17-18(4)10-13/h9-10,12,14,16H,5-8,11H2,1-4H3. The minimum atomic E-state index is 0.214. The Kier molecular flexibility index (Phi) is 4.63. The van der Waals surface area contributed by atoms with E-state index in [1.54, 1.807) is 0 Å². The minimum Gasteiger partial charge on any atom is -0.373 e. The number of aryl methyl sites for hydroxylation is 1. The number of hydrogen-bond acceptors (Lipinski definition) is 3. The number of aromatic nitrogens is 2. The highest BCUT2D eigenvalue weighted by Gasteiger charge is 2.30. The highest BCUT2D eigenvalue weighted by molar-refractivity contribution is 5.11. The molecule has 1 saturated heterocycles. The van der Waals surface area contributed by atoms with E-state index in [2.05, 4.69) is 37.4 Å². The highest BCUT2D eigenvalue weighted by Crippen LogP contribution is 2.33. The lowest BCUT2D eigenvalue weighted by Crippen LogP contribution is -2.33. The summed E-state index contributed by atoms with van der Waals surface area (Å²) >= 11 is 0. The zero-order chi connectivity index (χ0) is 13.9. The van der Waals surface area contributed by atoms with Crippen molar-refractivity contribution in [2.24, 2.45) is 18.4 Å². The SMILES string of the molecule is CCC(C)(C)CNCC1CCOC1c1cnn(C)c1. The van der Waals surface area contributed by atoms with Crippen molar-refractivity contribution in [3.8, 4) is 0 Å². The minimum absolute atomic E-state index is 0.214. The van der Waals surface area contributed by atoms with Crippen molar-refractivity contribution in [3.05, 3.63) is 18.0 Å². The molecule has 1 fully saturated rings. The lowest BCUT2D eigenvalue weighted by atomic mass is 9.90. The molecule has 2 rings (SSSR count). The Morgan fingerprint density at radius 2 is 2.32 bits per heavy atom. The van der Waals surface area contributed by atoms with Crippen LogP contribution in [0.2, 0.25) is 0 Å². The van der Waals surface area contributed by atoms with Crippen LogP contribution in [0.5, 0.6) is 0 Å². The molecule has 1 aromatic heterocycles. The summed E-state index contributed by atoms with van der Waals surface area (Å²) in [5.74, 6) is 0.567. The maximum absolute atomic E-state index is 5.88. The summed E-state index contributed by atoms with van der Waals surface area (Å²) in [6.07, 6.45) is 6.55. The fourth-order valence-corrected chi connectivity index (χ4v) is 2.52. The van der Waals surface area contributed by atoms with Crippen molar-refractivity contribution in [2.75, 3.05) is 19.7 Å². The average molecular weight is 265 g/mol. The molecule has 4 nitrogen and oxygen atoms in total. The molecule has 0 amide bonds. The van der Waals surface area contributed by atoms with Gasteiger partial charge in [-0.2, -0.15) is 5.10 Å². The van der Waals surface area contributed by atoms with Gasteiger partial charge in [0.15, 0.2) is 0 Å². The summed E-state index contributed by atoms with van der Waals surface area (Å²) in [5, 5.41) is 7.86. The molecule has 0 bridgehead atoms. The Morgan fingerprint density at radius 3 is 2.95 bits per heavy atom. The van der Waals surface area contributed by atoms with Gasteiger partial charge in [0, 0.05) is 44.4 Å². The lowest BCUT2D eigenvalue weighted by Gasteiger charge is -2.25. The van der Waals surface area contributed by atoms with Crippen LogP contribution in [0.4, 0.5) is 0 Å². The van der Waals surface area contributed by atoms with Crippen LogP contribution in [0.25, 0.3) is 0 Å². The molecule has 0 aliphatic carbocycles. The van der Waals surface area contributed by atoms with Crippen LogP contribution >= 0.6 is 0 Å². The fraction of sp³-hybridized carbons (Fsp3) is 0.800. The summed E-state index contributed by atoms with van der Waals surface area (Å²) in [6, 6.07) is 0. The summed E-state index contributed by atoms with van der Waals surface area (Å²) < 4.78 is 7.73. The van der Waals surface area contributed by atoms with E-state index in [0.29, 0.717) is 11.3 Å².